The lowest BCUT2D eigenvalue weighted by Crippen LogP contribution is -2.48. The molecule has 6 rings (SSSR count). The lowest BCUT2D eigenvalue weighted by molar-refractivity contribution is -0.385. The maximum Gasteiger partial charge on any atom is 0.422 e. The molecule has 0 bridgehead atoms. The number of piperazine rings is 1. The van der Waals surface area contributed by atoms with Gasteiger partial charge in [-0.15, -0.1) is 0 Å². The molecule has 272 valence electrons. The van der Waals surface area contributed by atoms with Gasteiger partial charge in [0.1, 0.15) is 17.2 Å². The van der Waals surface area contributed by atoms with Crippen molar-refractivity contribution in [3.63, 3.8) is 0 Å². The molecule has 13 nitrogen and oxygen atoms in total. The van der Waals surface area contributed by atoms with E-state index < -0.39 is 27.7 Å². The van der Waals surface area contributed by atoms with Crippen LogP contribution in [0.2, 0.25) is 0 Å². The van der Waals surface area contributed by atoms with Crippen LogP contribution in [-0.4, -0.2) is 77.6 Å². The summed E-state index contributed by atoms with van der Waals surface area (Å²) < 4.78 is 78.0. The first kappa shape index (κ1) is 36.1. The second-order valence-electron chi connectivity index (χ2n) is 12.2. The Morgan fingerprint density at radius 2 is 1.67 bits per heavy atom. The van der Waals surface area contributed by atoms with Crippen LogP contribution in [0.3, 0.4) is 0 Å². The maximum atomic E-state index is 13.6. The molecule has 1 aliphatic heterocycles. The van der Waals surface area contributed by atoms with Gasteiger partial charge in [0.25, 0.3) is 21.6 Å². The minimum Gasteiger partial charge on any atom is -0.484 e. The fourth-order valence-corrected chi connectivity index (χ4v) is 7.10. The van der Waals surface area contributed by atoms with Crippen molar-refractivity contribution in [2.24, 2.45) is 7.05 Å². The molecular weight excluding hydrogens is 705 g/mol. The van der Waals surface area contributed by atoms with Crippen LogP contribution in [0.5, 0.6) is 17.4 Å². The van der Waals surface area contributed by atoms with E-state index in [1.54, 1.807) is 40.8 Å². The summed E-state index contributed by atoms with van der Waals surface area (Å²) in [7, 11) is -2.35. The molecule has 0 aliphatic carbocycles. The van der Waals surface area contributed by atoms with Crippen LogP contribution < -0.4 is 14.2 Å². The quantitative estimate of drug-likeness (QED) is 0.122. The number of nitro groups is 1. The molecule has 0 saturated carbocycles. The lowest BCUT2D eigenvalue weighted by atomic mass is 10.2. The van der Waals surface area contributed by atoms with E-state index in [1.807, 2.05) is 12.1 Å². The largest absolute Gasteiger partial charge is 0.484 e. The third-order valence-electron chi connectivity index (χ3n) is 8.51. The highest BCUT2D eigenvalue weighted by molar-refractivity contribution is 7.92. The van der Waals surface area contributed by atoms with Crippen molar-refractivity contribution in [1.82, 2.24) is 19.4 Å². The van der Waals surface area contributed by atoms with Crippen LogP contribution in [0, 0.1) is 17.0 Å². The number of nitrogens with one attached hydrogen (secondary N) is 1. The zero-order chi connectivity index (χ0) is 37.2. The van der Waals surface area contributed by atoms with Crippen molar-refractivity contribution >= 4 is 38.2 Å². The van der Waals surface area contributed by atoms with Gasteiger partial charge in [-0.05, 0) is 54.4 Å². The molecule has 17 heteroatoms. The highest BCUT2D eigenvalue weighted by Gasteiger charge is 2.29. The van der Waals surface area contributed by atoms with Gasteiger partial charge in [0.05, 0.1) is 27.2 Å². The molecular formula is C35H33F3N6O7S. The van der Waals surface area contributed by atoms with Crippen LogP contribution in [0.1, 0.15) is 21.6 Å². The van der Waals surface area contributed by atoms with E-state index in [2.05, 4.69) is 14.6 Å². The molecule has 3 aromatic carbocycles. The molecule has 1 saturated heterocycles. The van der Waals surface area contributed by atoms with Gasteiger partial charge in [0.15, 0.2) is 6.61 Å². The highest BCUT2D eigenvalue weighted by Crippen LogP contribution is 2.29. The van der Waals surface area contributed by atoms with Crippen LogP contribution in [-0.2, 0) is 23.6 Å². The van der Waals surface area contributed by atoms with Gasteiger partial charge >= 0.3 is 6.18 Å². The molecule has 0 unspecified atom stereocenters. The monoisotopic (exact) mass is 738 g/mol. The number of aromatic nitrogens is 2. The van der Waals surface area contributed by atoms with Crippen LogP contribution in [0.15, 0.2) is 90.0 Å². The molecule has 0 atom stereocenters. The summed E-state index contributed by atoms with van der Waals surface area (Å²) in [6.45, 7) is 3.05. The summed E-state index contributed by atoms with van der Waals surface area (Å²) in [5.74, 6) is 0.654. The number of alkyl halides is 3. The summed E-state index contributed by atoms with van der Waals surface area (Å²) in [5, 5.41) is 12.0. The Hall–Kier alpha value is -5.68. The number of halogens is 3. The number of ether oxygens (including phenoxy) is 2. The number of hydrogen-bond acceptors (Lipinski definition) is 9. The molecule has 52 heavy (non-hydrogen) atoms. The number of nitro benzene ring substituents is 1. The maximum absolute atomic E-state index is 13.6. The third-order valence-corrected chi connectivity index (χ3v) is 10.0. The summed E-state index contributed by atoms with van der Waals surface area (Å²) in [4.78, 5) is 32.0. The molecule has 2 aromatic heterocycles. The number of anilines is 1. The van der Waals surface area contributed by atoms with E-state index in [9.17, 15) is 36.5 Å². The second-order valence-corrected chi connectivity index (χ2v) is 13.9. The number of sulfonamides is 1. The number of nitrogens with zero attached hydrogens (tertiary/aromatic N) is 5. The number of non-ortho nitro benzene ring substituents is 1. The van der Waals surface area contributed by atoms with Gasteiger partial charge < -0.3 is 18.9 Å². The van der Waals surface area contributed by atoms with Crippen molar-refractivity contribution in [1.29, 1.82) is 0 Å². The number of rotatable bonds is 11. The summed E-state index contributed by atoms with van der Waals surface area (Å²) in [6.07, 6.45) is -3.13. The Morgan fingerprint density at radius 3 is 2.33 bits per heavy atom. The van der Waals surface area contributed by atoms with Gasteiger partial charge in [-0.2, -0.15) is 13.2 Å². The molecule has 0 radical (unpaired) electrons. The predicted octanol–water partition coefficient (Wildman–Crippen LogP) is 6.28. The normalized spacial score (nSPS) is 14.0. The Kier molecular flexibility index (Phi) is 10.1. The zero-order valence-corrected chi connectivity index (χ0v) is 28.8. The van der Waals surface area contributed by atoms with Gasteiger partial charge in [-0.25, -0.2) is 13.4 Å². The average molecular weight is 739 g/mol. The summed E-state index contributed by atoms with van der Waals surface area (Å²) >= 11 is 0. The predicted molar refractivity (Wildman–Crippen MR) is 185 cm³/mol. The van der Waals surface area contributed by atoms with Gasteiger partial charge in [-0.1, -0.05) is 18.2 Å². The molecule has 1 N–H and O–H groups in total. The highest BCUT2D eigenvalue weighted by atomic mass is 32.2. The van der Waals surface area contributed by atoms with E-state index in [-0.39, 0.29) is 33.8 Å². The number of pyridine rings is 1. The number of aryl methyl sites for hydroxylation is 2. The molecule has 0 spiro atoms. The van der Waals surface area contributed by atoms with Crippen LogP contribution in [0.4, 0.5) is 24.5 Å². The fraction of sp³-hybridized carbons (Fsp3) is 0.257. The van der Waals surface area contributed by atoms with Gasteiger partial charge in [-0.3, -0.25) is 24.5 Å². The minimum atomic E-state index is -4.40. The standard InChI is InChI=1S/C35H33F3N6O7S/c1-23-3-8-27(44(46)47)18-32(23)52(48,49)40-26-7-12-33(39-20-26)51-29-11-6-25-17-31(41(2)30(25)19-29)34(45)43-15-13-42(14-16-43)21-24-4-9-28(10-5-24)50-22-35(36,37)38/h3-12,17-20,40H,13-16,21-22H2,1-2H3. The Balaban J connectivity index is 1.05. The van der Waals surface area contributed by atoms with Crippen molar-refractivity contribution in [3.8, 4) is 17.4 Å². The van der Waals surface area contributed by atoms with Crippen molar-refractivity contribution < 1.29 is 40.8 Å². The van der Waals surface area contributed by atoms with Gasteiger partial charge in [0, 0.05) is 69.4 Å². The number of hydrogen-bond donors (Lipinski definition) is 1. The van der Waals surface area contributed by atoms with E-state index in [0.717, 1.165) is 22.5 Å². The zero-order valence-electron chi connectivity index (χ0n) is 28.0. The summed E-state index contributed by atoms with van der Waals surface area (Å²) in [5.41, 5.74) is 2.31. The number of fused-ring (bicyclic) bond motifs is 1. The Labute approximate surface area is 296 Å². The first-order valence-corrected chi connectivity index (χ1v) is 17.4. The Bertz CT molecular complexity index is 2220. The van der Waals surface area contributed by atoms with Gasteiger partial charge in [0.2, 0.25) is 5.88 Å². The van der Waals surface area contributed by atoms with Crippen molar-refractivity contribution in [2.75, 3.05) is 37.5 Å². The van der Waals surface area contributed by atoms with Crippen LogP contribution >= 0.6 is 0 Å². The Morgan fingerprint density at radius 1 is 0.962 bits per heavy atom. The first-order valence-electron chi connectivity index (χ1n) is 16.0. The fourth-order valence-electron chi connectivity index (χ4n) is 5.79. The van der Waals surface area contributed by atoms with Crippen molar-refractivity contribution in [3.05, 3.63) is 112 Å². The summed E-state index contributed by atoms with van der Waals surface area (Å²) in [6, 6.07) is 20.2. The SMILES string of the molecule is Cc1ccc([N+](=O)[O-])cc1S(=O)(=O)Nc1ccc(Oc2ccc3cc(C(=O)N4CCN(Cc5ccc(OCC(F)(F)F)cc5)CC4)n(C)c3c2)nc1. The number of amides is 1. The number of benzene rings is 3. The molecule has 1 amide bonds. The minimum absolute atomic E-state index is 0.119. The van der Waals surface area contributed by atoms with Crippen molar-refractivity contribution in [2.45, 2.75) is 24.5 Å². The van der Waals surface area contributed by atoms with E-state index in [0.29, 0.717) is 49.7 Å². The average Bonchev–Trinajstić information content (AvgIpc) is 3.43. The van der Waals surface area contributed by atoms with E-state index in [1.165, 1.54) is 49.5 Å². The van der Waals surface area contributed by atoms with E-state index >= 15 is 0 Å². The molecule has 1 fully saturated rings. The van der Waals surface area contributed by atoms with E-state index in [4.69, 9.17) is 9.47 Å². The van der Waals surface area contributed by atoms with Crippen LogP contribution in [0.25, 0.3) is 10.9 Å². The number of carbonyl (C=O) groups is 1. The number of carbonyl (C=O) groups excluding carboxylic acids is 1. The molecule has 1 aliphatic rings. The first-order chi connectivity index (χ1) is 24.6. The smallest absolute Gasteiger partial charge is 0.422 e. The topological polar surface area (TPSA) is 149 Å². The third kappa shape index (κ3) is 8.43. The second kappa shape index (κ2) is 14.5. The molecule has 5 aromatic rings. The molecule has 3 heterocycles. The lowest BCUT2D eigenvalue weighted by Gasteiger charge is -2.34.